The highest BCUT2D eigenvalue weighted by molar-refractivity contribution is 6.45. The van der Waals surface area contributed by atoms with Gasteiger partial charge in [0.05, 0.1) is 24.8 Å². The highest BCUT2D eigenvalue weighted by Crippen LogP contribution is 2.39. The van der Waals surface area contributed by atoms with Crippen LogP contribution in [0.5, 0.6) is 5.75 Å². The van der Waals surface area contributed by atoms with E-state index in [0.717, 1.165) is 58.0 Å². The normalized spacial score (nSPS) is 26.0. The minimum atomic E-state index is -4.55. The molecule has 4 aliphatic rings. The third-order valence-electron chi connectivity index (χ3n) is 7.28. The summed E-state index contributed by atoms with van der Waals surface area (Å²) in [5.41, 5.74) is 6.03. The fourth-order valence-electron chi connectivity index (χ4n) is 5.26. The Morgan fingerprint density at radius 2 is 2.03 bits per heavy atom. The molecule has 0 aliphatic carbocycles. The quantitative estimate of drug-likeness (QED) is 0.526. The van der Waals surface area contributed by atoms with Gasteiger partial charge in [-0.05, 0) is 62.4 Å². The summed E-state index contributed by atoms with van der Waals surface area (Å²) in [6, 6.07) is 3.65. The number of aliphatic imine (C=N–C) groups is 2. The molecule has 2 fully saturated rings. The second kappa shape index (κ2) is 10.7. The van der Waals surface area contributed by atoms with Crippen LogP contribution in [0.25, 0.3) is 0 Å². The fourth-order valence-corrected chi connectivity index (χ4v) is 5.26. The van der Waals surface area contributed by atoms with E-state index in [0.29, 0.717) is 48.0 Å². The maximum absolute atomic E-state index is 14.1. The Hall–Kier alpha value is -2.79. The van der Waals surface area contributed by atoms with Crippen molar-refractivity contribution in [3.8, 4) is 5.75 Å². The van der Waals surface area contributed by atoms with Crippen molar-refractivity contribution < 1.29 is 22.6 Å². The summed E-state index contributed by atoms with van der Waals surface area (Å²) in [5, 5.41) is 6.44. The first-order chi connectivity index (χ1) is 17.4. The molecule has 0 saturated carbocycles. The molecule has 4 N–H and O–H groups in total. The number of rotatable bonds is 7. The lowest BCUT2D eigenvalue weighted by atomic mass is 9.95. The molecular formula is C25H33F3N6O2. The lowest BCUT2D eigenvalue weighted by Gasteiger charge is -2.30. The van der Waals surface area contributed by atoms with Gasteiger partial charge in [0.15, 0.2) is 5.84 Å². The van der Waals surface area contributed by atoms with Crippen molar-refractivity contribution >= 4 is 11.5 Å². The monoisotopic (exact) mass is 506 g/mol. The van der Waals surface area contributed by atoms with Crippen LogP contribution in [0.1, 0.15) is 42.9 Å². The maximum atomic E-state index is 14.1. The number of piperidine rings is 1. The molecule has 4 aliphatic heterocycles. The molecule has 8 nitrogen and oxygen atoms in total. The topological polar surface area (TPSA) is 96.5 Å². The van der Waals surface area contributed by atoms with Gasteiger partial charge in [-0.1, -0.05) is 6.07 Å². The van der Waals surface area contributed by atoms with Crippen molar-refractivity contribution in [2.45, 2.75) is 37.9 Å². The number of alkyl halides is 3. The molecule has 0 amide bonds. The first kappa shape index (κ1) is 24.9. The molecule has 11 heteroatoms. The van der Waals surface area contributed by atoms with Crippen molar-refractivity contribution in [1.29, 1.82) is 0 Å². The third kappa shape index (κ3) is 5.46. The van der Waals surface area contributed by atoms with Crippen LogP contribution in [0, 0.1) is 11.8 Å². The van der Waals surface area contributed by atoms with Crippen LogP contribution >= 0.6 is 0 Å². The van der Waals surface area contributed by atoms with Crippen molar-refractivity contribution in [2.75, 3.05) is 46.1 Å². The highest BCUT2D eigenvalue weighted by atomic mass is 19.4. The van der Waals surface area contributed by atoms with Crippen LogP contribution in [-0.4, -0.2) is 62.6 Å². The summed E-state index contributed by atoms with van der Waals surface area (Å²) in [6.07, 6.45) is 0.534. The molecule has 0 radical (unpaired) electrons. The van der Waals surface area contributed by atoms with Crippen LogP contribution in [0.4, 0.5) is 13.2 Å². The molecule has 4 heterocycles. The third-order valence-corrected chi connectivity index (χ3v) is 7.28. The number of nitrogens with zero attached hydrogens (tertiary/aromatic N) is 3. The number of nitrogens with one attached hydrogen (secondary N) is 2. The van der Waals surface area contributed by atoms with E-state index in [4.69, 9.17) is 15.2 Å². The predicted molar refractivity (Wildman–Crippen MR) is 131 cm³/mol. The number of nitrogens with two attached hydrogens (primary N) is 1. The number of ether oxygens (including phenoxy) is 2. The number of hydrogen-bond donors (Lipinski definition) is 3. The maximum Gasteiger partial charge on any atom is 0.419 e. The Morgan fingerprint density at radius 1 is 1.19 bits per heavy atom. The second-order valence-corrected chi connectivity index (χ2v) is 9.79. The van der Waals surface area contributed by atoms with Gasteiger partial charge in [0, 0.05) is 25.3 Å². The Labute approximate surface area is 208 Å². The summed E-state index contributed by atoms with van der Waals surface area (Å²) >= 11 is 0. The van der Waals surface area contributed by atoms with Crippen LogP contribution in [-0.2, 0) is 10.9 Å². The average Bonchev–Trinajstić information content (AvgIpc) is 3.54. The van der Waals surface area contributed by atoms with E-state index in [1.807, 2.05) is 0 Å². The van der Waals surface area contributed by atoms with E-state index in [2.05, 4.69) is 25.5 Å². The molecule has 1 aromatic rings. The smallest absolute Gasteiger partial charge is 0.419 e. The van der Waals surface area contributed by atoms with Crippen LogP contribution in [0.3, 0.4) is 0 Å². The van der Waals surface area contributed by atoms with Gasteiger partial charge in [0.2, 0.25) is 0 Å². The number of hydrogen-bond acceptors (Lipinski definition) is 8. The Morgan fingerprint density at radius 3 is 2.75 bits per heavy atom. The SMILES string of the molecule is NC=C1N=C2C(=NCN2CC2CCOC2)C(c2ccc(OCCC3CCNCC3)c(C(F)(F)F)c2)N1. The molecule has 5 rings (SSSR count). The fraction of sp³-hybridized carbons (Fsp3) is 0.600. The molecule has 2 atom stereocenters. The van der Waals surface area contributed by atoms with Gasteiger partial charge < -0.3 is 30.7 Å². The number of benzene rings is 1. The molecule has 1 aromatic carbocycles. The summed E-state index contributed by atoms with van der Waals surface area (Å²) in [5.74, 6) is 1.76. The molecule has 196 valence electrons. The van der Waals surface area contributed by atoms with Crippen molar-refractivity contribution in [1.82, 2.24) is 15.5 Å². The Kier molecular flexibility index (Phi) is 7.38. The van der Waals surface area contributed by atoms with Gasteiger partial charge in [-0.2, -0.15) is 13.2 Å². The lowest BCUT2D eigenvalue weighted by molar-refractivity contribution is -0.139. The molecule has 2 unspecified atom stereocenters. The Bertz CT molecular complexity index is 1030. The van der Waals surface area contributed by atoms with Gasteiger partial charge >= 0.3 is 6.18 Å². The highest BCUT2D eigenvalue weighted by Gasteiger charge is 2.39. The zero-order valence-corrected chi connectivity index (χ0v) is 20.2. The van der Waals surface area contributed by atoms with E-state index in [-0.39, 0.29) is 12.4 Å². The largest absolute Gasteiger partial charge is 0.493 e. The lowest BCUT2D eigenvalue weighted by Crippen LogP contribution is -2.43. The molecular weight excluding hydrogens is 473 g/mol. The average molecular weight is 507 g/mol. The zero-order chi connectivity index (χ0) is 25.1. The second-order valence-electron chi connectivity index (χ2n) is 9.79. The minimum absolute atomic E-state index is 0.143. The number of halogens is 3. The predicted octanol–water partition coefficient (Wildman–Crippen LogP) is 3.02. The summed E-state index contributed by atoms with van der Waals surface area (Å²) < 4.78 is 53.3. The summed E-state index contributed by atoms with van der Waals surface area (Å²) in [4.78, 5) is 11.3. The molecule has 2 saturated heterocycles. The van der Waals surface area contributed by atoms with E-state index in [1.54, 1.807) is 6.07 Å². The van der Waals surface area contributed by atoms with Gasteiger partial charge in [-0.15, -0.1) is 0 Å². The van der Waals surface area contributed by atoms with E-state index in [1.165, 1.54) is 12.3 Å². The van der Waals surface area contributed by atoms with Crippen molar-refractivity contribution in [3.63, 3.8) is 0 Å². The standard InChI is InChI=1S/C25H33F3N6O2/c26-25(27,28)19-11-18(1-2-20(19)36-10-6-16-3-7-30-8-4-16)22-23-24(33-21(12-29)32-22)34(15-31-23)13-17-5-9-35-14-17/h1-2,11-12,16-17,22,30,32H,3-10,13-15,29H2. The van der Waals surface area contributed by atoms with Gasteiger partial charge in [-0.25, -0.2) is 4.99 Å². The molecule has 0 aromatic heterocycles. The zero-order valence-electron chi connectivity index (χ0n) is 20.2. The van der Waals surface area contributed by atoms with Crippen LogP contribution in [0.2, 0.25) is 0 Å². The number of fused-ring (bicyclic) bond motifs is 1. The first-order valence-corrected chi connectivity index (χ1v) is 12.6. The van der Waals surface area contributed by atoms with E-state index >= 15 is 0 Å². The van der Waals surface area contributed by atoms with Crippen LogP contribution < -0.4 is 21.1 Å². The van der Waals surface area contributed by atoms with E-state index in [9.17, 15) is 13.2 Å². The molecule has 0 spiro atoms. The van der Waals surface area contributed by atoms with E-state index < -0.39 is 17.8 Å². The van der Waals surface area contributed by atoms with Crippen LogP contribution in [0.15, 0.2) is 40.2 Å². The molecule has 0 bridgehead atoms. The summed E-state index contributed by atoms with van der Waals surface area (Å²) in [6.45, 7) is 4.72. The Balaban J connectivity index is 1.35. The van der Waals surface area contributed by atoms with Crippen molar-refractivity contribution in [2.24, 2.45) is 27.6 Å². The first-order valence-electron chi connectivity index (χ1n) is 12.6. The number of amidine groups is 1. The van der Waals surface area contributed by atoms with Gasteiger partial charge in [0.25, 0.3) is 0 Å². The van der Waals surface area contributed by atoms with Gasteiger partial charge in [0.1, 0.15) is 24.0 Å². The van der Waals surface area contributed by atoms with Gasteiger partial charge in [-0.3, -0.25) is 4.99 Å². The van der Waals surface area contributed by atoms with Crippen molar-refractivity contribution in [3.05, 3.63) is 41.3 Å². The molecule has 36 heavy (non-hydrogen) atoms. The summed E-state index contributed by atoms with van der Waals surface area (Å²) in [7, 11) is 0. The minimum Gasteiger partial charge on any atom is -0.493 e.